The third kappa shape index (κ3) is 5.34. The molecule has 0 radical (unpaired) electrons. The number of thioether (sulfide) groups is 1. The molecule has 0 bridgehead atoms. The zero-order valence-corrected chi connectivity index (χ0v) is 19.1. The molecular weight excluding hydrogens is 436 g/mol. The minimum absolute atomic E-state index is 0.0180. The molecule has 1 amide bonds. The Bertz CT molecular complexity index is 896. The first-order valence-electron chi connectivity index (χ1n) is 10.8. The molecule has 1 saturated heterocycles. The number of nitrogen functional groups attached to an aromatic ring is 1. The van der Waals surface area contributed by atoms with Crippen LogP contribution in [0.4, 0.5) is 0 Å². The van der Waals surface area contributed by atoms with Crippen molar-refractivity contribution >= 4 is 29.3 Å². The van der Waals surface area contributed by atoms with Gasteiger partial charge in [-0.05, 0) is 25.0 Å². The van der Waals surface area contributed by atoms with Crippen molar-refractivity contribution in [1.29, 1.82) is 0 Å². The third-order valence-corrected chi connectivity index (χ3v) is 7.34. The lowest BCUT2D eigenvalue weighted by Crippen LogP contribution is -2.59. The smallest absolute Gasteiger partial charge is 0.230 e. The Balaban J connectivity index is 1.34. The molecule has 168 valence electrons. The van der Waals surface area contributed by atoms with Crippen LogP contribution in [-0.4, -0.2) is 69.8 Å². The van der Waals surface area contributed by atoms with Crippen LogP contribution < -0.4 is 11.2 Å². The number of benzene rings is 1. The third-order valence-electron chi connectivity index (χ3n) is 6.16. The highest BCUT2D eigenvalue weighted by Gasteiger charge is 2.38. The van der Waals surface area contributed by atoms with Crippen molar-refractivity contribution in [3.05, 3.63) is 29.3 Å². The van der Waals surface area contributed by atoms with Gasteiger partial charge in [-0.15, -0.1) is 10.2 Å². The molecule has 1 aliphatic carbocycles. The van der Waals surface area contributed by atoms with Crippen LogP contribution in [0, 0.1) is 0 Å². The van der Waals surface area contributed by atoms with Crippen LogP contribution in [0.3, 0.4) is 0 Å². The fraction of sp³-hybridized carbons (Fsp3) is 0.571. The number of halogens is 1. The Morgan fingerprint density at radius 2 is 2.00 bits per heavy atom. The highest BCUT2D eigenvalue weighted by Crippen LogP contribution is 2.34. The molecule has 1 aromatic carbocycles. The number of carbonyl (C=O) groups excluding carboxylic acids is 1. The molecule has 1 saturated carbocycles. The molecular formula is C21H29ClN6O2S. The largest absolute Gasteiger partial charge is 0.379 e. The number of nitrogens with one attached hydrogen (secondary N) is 1. The second kappa shape index (κ2) is 10.2. The topological polar surface area (TPSA) is 98.3 Å². The Labute approximate surface area is 191 Å². The van der Waals surface area contributed by atoms with Gasteiger partial charge in [-0.1, -0.05) is 54.8 Å². The molecule has 0 atom stereocenters. The lowest BCUT2D eigenvalue weighted by Gasteiger charge is -2.48. The van der Waals surface area contributed by atoms with E-state index in [0.29, 0.717) is 22.5 Å². The number of morpholine rings is 1. The summed E-state index contributed by atoms with van der Waals surface area (Å²) >= 11 is 7.34. The summed E-state index contributed by atoms with van der Waals surface area (Å²) in [5.74, 6) is 6.89. The van der Waals surface area contributed by atoms with Crippen molar-refractivity contribution in [2.75, 3.05) is 44.4 Å². The maximum absolute atomic E-state index is 12.6. The second-order valence-electron chi connectivity index (χ2n) is 8.14. The van der Waals surface area contributed by atoms with Gasteiger partial charge in [0, 0.05) is 35.8 Å². The Hall–Kier alpha value is -1.81. The summed E-state index contributed by atoms with van der Waals surface area (Å²) in [6, 6.07) is 7.28. The first-order valence-corrected chi connectivity index (χ1v) is 12.1. The molecule has 2 aliphatic rings. The van der Waals surface area contributed by atoms with E-state index in [0.717, 1.165) is 44.7 Å². The summed E-state index contributed by atoms with van der Waals surface area (Å²) in [6.07, 6.45) is 5.95. The summed E-state index contributed by atoms with van der Waals surface area (Å²) in [5.41, 5.74) is 0.833. The summed E-state index contributed by atoms with van der Waals surface area (Å²) in [7, 11) is 0. The molecule has 1 aliphatic heterocycles. The predicted molar refractivity (Wildman–Crippen MR) is 123 cm³/mol. The Kier molecular flexibility index (Phi) is 7.37. The SMILES string of the molecule is Nn1c(SCC(=O)NCC2(N3CCOCC3)CCCCC2)nnc1-c1cccc(Cl)c1. The molecule has 4 rings (SSSR count). The van der Waals surface area contributed by atoms with Crippen molar-refractivity contribution in [1.82, 2.24) is 25.1 Å². The molecule has 31 heavy (non-hydrogen) atoms. The normalized spacial score (nSPS) is 19.3. The van der Waals surface area contributed by atoms with Crippen LogP contribution in [0.15, 0.2) is 29.4 Å². The first-order chi connectivity index (χ1) is 15.1. The number of carbonyl (C=O) groups is 1. The van der Waals surface area contributed by atoms with Gasteiger partial charge in [0.05, 0.1) is 19.0 Å². The highest BCUT2D eigenvalue weighted by atomic mass is 35.5. The number of hydrogen-bond donors (Lipinski definition) is 2. The van der Waals surface area contributed by atoms with Crippen LogP contribution >= 0.6 is 23.4 Å². The molecule has 10 heteroatoms. The van der Waals surface area contributed by atoms with Gasteiger partial charge < -0.3 is 15.9 Å². The molecule has 2 aromatic rings. The van der Waals surface area contributed by atoms with Crippen LogP contribution in [-0.2, 0) is 9.53 Å². The van der Waals surface area contributed by atoms with Crippen molar-refractivity contribution in [2.24, 2.45) is 0 Å². The zero-order valence-electron chi connectivity index (χ0n) is 17.6. The fourth-order valence-corrected chi connectivity index (χ4v) is 5.37. The molecule has 1 aromatic heterocycles. The Morgan fingerprint density at radius 1 is 1.23 bits per heavy atom. The van der Waals surface area contributed by atoms with E-state index >= 15 is 0 Å². The van der Waals surface area contributed by atoms with Crippen molar-refractivity contribution in [3.8, 4) is 11.4 Å². The zero-order chi connectivity index (χ0) is 21.7. The highest BCUT2D eigenvalue weighted by molar-refractivity contribution is 7.99. The molecule has 8 nitrogen and oxygen atoms in total. The van der Waals surface area contributed by atoms with Crippen LogP contribution in [0.25, 0.3) is 11.4 Å². The van der Waals surface area contributed by atoms with Crippen LogP contribution in [0.5, 0.6) is 0 Å². The van der Waals surface area contributed by atoms with Gasteiger partial charge in [0.2, 0.25) is 11.1 Å². The van der Waals surface area contributed by atoms with Crippen molar-refractivity contribution < 1.29 is 9.53 Å². The molecule has 2 fully saturated rings. The van der Waals surface area contributed by atoms with Gasteiger partial charge in [-0.3, -0.25) is 9.69 Å². The van der Waals surface area contributed by atoms with Crippen molar-refractivity contribution in [3.63, 3.8) is 0 Å². The molecule has 3 N–H and O–H groups in total. The van der Waals surface area contributed by atoms with Crippen molar-refractivity contribution in [2.45, 2.75) is 42.8 Å². The summed E-state index contributed by atoms with van der Waals surface area (Å²) in [6.45, 7) is 4.09. The number of rotatable bonds is 7. The minimum atomic E-state index is -0.0180. The average molecular weight is 465 g/mol. The summed E-state index contributed by atoms with van der Waals surface area (Å²) < 4.78 is 6.94. The van der Waals surface area contributed by atoms with Gasteiger partial charge in [-0.2, -0.15) is 0 Å². The number of aromatic nitrogens is 3. The maximum Gasteiger partial charge on any atom is 0.230 e. The van der Waals surface area contributed by atoms with E-state index in [4.69, 9.17) is 22.2 Å². The summed E-state index contributed by atoms with van der Waals surface area (Å²) in [5, 5.41) is 12.6. The van der Waals surface area contributed by atoms with Gasteiger partial charge in [0.25, 0.3) is 0 Å². The van der Waals surface area contributed by atoms with E-state index in [9.17, 15) is 4.79 Å². The predicted octanol–water partition coefficient (Wildman–Crippen LogP) is 2.56. The van der Waals surface area contributed by atoms with E-state index in [1.54, 1.807) is 12.1 Å². The standard InChI is InChI=1S/C21H29ClN6O2S/c22-17-6-4-5-16(13-17)19-25-26-20(28(19)23)31-14-18(29)24-15-21(7-2-1-3-8-21)27-9-11-30-12-10-27/h4-6,13H,1-3,7-12,14-15,23H2,(H,24,29). The summed E-state index contributed by atoms with van der Waals surface area (Å²) in [4.78, 5) is 15.2. The van der Waals surface area contributed by atoms with Crippen LogP contribution in [0.2, 0.25) is 5.02 Å². The Morgan fingerprint density at radius 3 is 2.74 bits per heavy atom. The molecule has 0 spiro atoms. The number of nitrogens with two attached hydrogens (primary N) is 1. The van der Waals surface area contributed by atoms with E-state index in [2.05, 4.69) is 20.4 Å². The van der Waals surface area contributed by atoms with Gasteiger partial charge >= 0.3 is 0 Å². The fourth-order valence-electron chi connectivity index (χ4n) is 4.50. The average Bonchev–Trinajstić information content (AvgIpc) is 3.18. The van der Waals surface area contributed by atoms with E-state index in [1.807, 2.05) is 12.1 Å². The number of ether oxygens (including phenoxy) is 1. The van der Waals surface area contributed by atoms with Crippen LogP contribution in [0.1, 0.15) is 32.1 Å². The first kappa shape index (κ1) is 22.4. The van der Waals surface area contributed by atoms with Gasteiger partial charge in [0.1, 0.15) is 0 Å². The van der Waals surface area contributed by atoms with Gasteiger partial charge in [-0.25, -0.2) is 4.68 Å². The lowest BCUT2D eigenvalue weighted by atomic mass is 9.79. The van der Waals surface area contributed by atoms with E-state index in [1.165, 1.54) is 35.7 Å². The number of nitrogens with zero attached hydrogens (tertiary/aromatic N) is 4. The maximum atomic E-state index is 12.6. The van der Waals surface area contributed by atoms with E-state index in [-0.39, 0.29) is 17.2 Å². The molecule has 0 unspecified atom stereocenters. The van der Waals surface area contributed by atoms with Gasteiger partial charge in [0.15, 0.2) is 5.82 Å². The second-order valence-corrected chi connectivity index (χ2v) is 9.52. The lowest BCUT2D eigenvalue weighted by molar-refractivity contribution is -0.119. The molecule has 2 heterocycles. The van der Waals surface area contributed by atoms with E-state index < -0.39 is 0 Å². The number of amides is 1. The quantitative estimate of drug-likeness (QED) is 0.480. The monoisotopic (exact) mass is 464 g/mol. The number of hydrogen-bond acceptors (Lipinski definition) is 7. The minimum Gasteiger partial charge on any atom is -0.379 e.